The van der Waals surface area contributed by atoms with Gasteiger partial charge < -0.3 is 4.74 Å². The van der Waals surface area contributed by atoms with E-state index < -0.39 is 12.5 Å². The van der Waals surface area contributed by atoms with Crippen molar-refractivity contribution in [2.45, 2.75) is 31.9 Å². The third kappa shape index (κ3) is 2.96. The van der Waals surface area contributed by atoms with Crippen molar-refractivity contribution in [3.05, 3.63) is 53.6 Å². The van der Waals surface area contributed by atoms with Gasteiger partial charge in [0.25, 0.3) is 0 Å². The highest BCUT2D eigenvalue weighted by Gasteiger charge is 2.39. The Morgan fingerprint density at radius 2 is 2.15 bits per heavy atom. The Labute approximate surface area is 154 Å². The van der Waals surface area contributed by atoms with Gasteiger partial charge in [0.2, 0.25) is 11.0 Å². The molecular weight excluding hydrogens is 358 g/mol. The van der Waals surface area contributed by atoms with Crippen molar-refractivity contribution in [3.63, 3.8) is 0 Å². The molecular formula is C19H16F2N2O2S. The molecule has 0 radical (unpaired) electrons. The van der Waals surface area contributed by atoms with Gasteiger partial charge in [-0.05, 0) is 60.8 Å². The van der Waals surface area contributed by atoms with Crippen LogP contribution >= 0.6 is 12.2 Å². The summed E-state index contributed by atoms with van der Waals surface area (Å²) < 4.78 is 29.4. The van der Waals surface area contributed by atoms with E-state index in [1.807, 2.05) is 18.2 Å². The second kappa shape index (κ2) is 6.72. The summed E-state index contributed by atoms with van der Waals surface area (Å²) in [5.41, 5.74) is 2.49. The van der Waals surface area contributed by atoms with Crippen LogP contribution in [0.15, 0.2) is 47.5 Å². The number of benzene rings is 1. The van der Waals surface area contributed by atoms with Gasteiger partial charge in [-0.25, -0.2) is 4.99 Å². The van der Waals surface area contributed by atoms with Crippen LogP contribution in [-0.2, 0) is 11.2 Å². The van der Waals surface area contributed by atoms with Gasteiger partial charge in [-0.3, -0.25) is 9.69 Å². The number of allylic oxidation sites excluding steroid dienone is 3. The average molecular weight is 374 g/mol. The van der Waals surface area contributed by atoms with E-state index in [9.17, 15) is 13.6 Å². The number of nitrogens with zero attached hydrogens (tertiary/aromatic N) is 2. The van der Waals surface area contributed by atoms with Crippen LogP contribution in [0.3, 0.4) is 0 Å². The van der Waals surface area contributed by atoms with E-state index in [2.05, 4.69) is 9.73 Å². The molecule has 0 saturated heterocycles. The molecule has 2 atom stereocenters. The highest BCUT2D eigenvalue weighted by atomic mass is 32.1. The van der Waals surface area contributed by atoms with Gasteiger partial charge >= 0.3 is 6.61 Å². The molecule has 4 rings (SSSR count). The number of hydrogen-bond donors (Lipinski definition) is 0. The standard InChI is InChI=1S/C19H16F2N2O2S/c20-18(21)25-12-8-9-13-11(10-12)4-3-7-16(13)23-17(24)14-5-1-2-6-15(14)22-19(23)26/h1-2,5-6,8-10,14,16,18H,3-4,7H2. The number of aliphatic imine (C=N–C) groups is 1. The topological polar surface area (TPSA) is 41.9 Å². The van der Waals surface area contributed by atoms with Crippen LogP contribution in [0.2, 0.25) is 0 Å². The molecule has 0 bridgehead atoms. The summed E-state index contributed by atoms with van der Waals surface area (Å²) in [6, 6.07) is 4.66. The van der Waals surface area contributed by atoms with Crippen LogP contribution in [0.5, 0.6) is 5.75 Å². The SMILES string of the molecule is O=C1C2C=CC=CC2=NC(=S)N1C1CCCc2cc(OC(F)F)ccc21. The lowest BCUT2D eigenvalue weighted by molar-refractivity contribution is -0.130. The first-order valence-corrected chi connectivity index (χ1v) is 8.83. The molecule has 26 heavy (non-hydrogen) atoms. The van der Waals surface area contributed by atoms with E-state index >= 15 is 0 Å². The van der Waals surface area contributed by atoms with Crippen LogP contribution in [0, 0.1) is 5.92 Å². The highest BCUT2D eigenvalue weighted by molar-refractivity contribution is 7.80. The first-order chi connectivity index (χ1) is 12.5. The van der Waals surface area contributed by atoms with Crippen LogP contribution in [0.1, 0.15) is 30.0 Å². The number of halogens is 2. The minimum atomic E-state index is -2.86. The van der Waals surface area contributed by atoms with Crippen LogP contribution in [-0.4, -0.2) is 28.2 Å². The summed E-state index contributed by atoms with van der Waals surface area (Å²) >= 11 is 5.40. The third-order valence-electron chi connectivity index (χ3n) is 4.87. The number of fused-ring (bicyclic) bond motifs is 2. The Kier molecular flexibility index (Phi) is 4.40. The predicted octanol–water partition coefficient (Wildman–Crippen LogP) is 3.98. The first-order valence-electron chi connectivity index (χ1n) is 8.43. The lowest BCUT2D eigenvalue weighted by Crippen LogP contribution is -2.48. The molecule has 2 aliphatic carbocycles. The summed E-state index contributed by atoms with van der Waals surface area (Å²) in [4.78, 5) is 19.1. The highest BCUT2D eigenvalue weighted by Crippen LogP contribution is 2.39. The molecule has 1 aromatic rings. The minimum Gasteiger partial charge on any atom is -0.435 e. The normalized spacial score (nSPS) is 24.4. The van der Waals surface area contributed by atoms with E-state index in [-0.39, 0.29) is 22.8 Å². The van der Waals surface area contributed by atoms with Gasteiger partial charge in [-0.1, -0.05) is 24.3 Å². The molecule has 0 saturated carbocycles. The maximum atomic E-state index is 13.0. The van der Waals surface area contributed by atoms with Crippen LogP contribution in [0.25, 0.3) is 0 Å². The maximum absolute atomic E-state index is 13.0. The van der Waals surface area contributed by atoms with Crippen molar-refractivity contribution in [1.29, 1.82) is 0 Å². The summed E-state index contributed by atoms with van der Waals surface area (Å²) in [5.74, 6) is -0.377. The summed E-state index contributed by atoms with van der Waals surface area (Å²) in [5, 5.41) is 0.256. The van der Waals surface area contributed by atoms with E-state index in [0.29, 0.717) is 5.71 Å². The Bertz CT molecular complexity index is 863. The van der Waals surface area contributed by atoms with Crippen molar-refractivity contribution >= 4 is 28.9 Å². The average Bonchev–Trinajstić information content (AvgIpc) is 2.61. The fourth-order valence-corrected chi connectivity index (χ4v) is 4.07. The lowest BCUT2D eigenvalue weighted by atomic mass is 9.85. The first kappa shape index (κ1) is 17.0. The number of ether oxygens (including phenoxy) is 1. The fourth-order valence-electron chi connectivity index (χ4n) is 3.75. The number of rotatable bonds is 3. The van der Waals surface area contributed by atoms with E-state index in [4.69, 9.17) is 12.2 Å². The second-order valence-electron chi connectivity index (χ2n) is 6.40. The fraction of sp³-hybridized carbons (Fsp3) is 0.316. The molecule has 1 aromatic carbocycles. The Morgan fingerprint density at radius 1 is 1.31 bits per heavy atom. The van der Waals surface area contributed by atoms with Crippen molar-refractivity contribution in [1.82, 2.24) is 4.90 Å². The predicted molar refractivity (Wildman–Crippen MR) is 97.4 cm³/mol. The summed E-state index contributed by atoms with van der Waals surface area (Å²) in [7, 11) is 0. The molecule has 1 amide bonds. The minimum absolute atomic E-state index is 0.0913. The number of thiocarbonyl (C=S) groups is 1. The van der Waals surface area contributed by atoms with Gasteiger partial charge in [0, 0.05) is 0 Å². The van der Waals surface area contributed by atoms with Crippen molar-refractivity contribution in [3.8, 4) is 5.75 Å². The van der Waals surface area contributed by atoms with E-state index in [1.54, 1.807) is 23.1 Å². The molecule has 3 aliphatic rings. The van der Waals surface area contributed by atoms with Gasteiger partial charge in [0.05, 0.1) is 17.7 Å². The zero-order valence-corrected chi connectivity index (χ0v) is 14.6. The van der Waals surface area contributed by atoms with Gasteiger partial charge in [-0.2, -0.15) is 8.78 Å². The number of alkyl halides is 2. The molecule has 0 N–H and O–H groups in total. The number of amides is 1. The number of carbonyl (C=O) groups is 1. The number of hydrogen-bond acceptors (Lipinski definition) is 3. The molecule has 1 aliphatic heterocycles. The molecule has 1 heterocycles. The molecule has 0 spiro atoms. The number of carbonyl (C=O) groups excluding carboxylic acids is 1. The number of aryl methyl sites for hydroxylation is 1. The second-order valence-corrected chi connectivity index (χ2v) is 6.76. The van der Waals surface area contributed by atoms with Gasteiger partial charge in [0.1, 0.15) is 5.75 Å². The molecule has 4 nitrogen and oxygen atoms in total. The zero-order valence-electron chi connectivity index (χ0n) is 13.8. The van der Waals surface area contributed by atoms with Crippen molar-refractivity contribution < 1.29 is 18.3 Å². The molecule has 2 unspecified atom stereocenters. The Morgan fingerprint density at radius 3 is 2.96 bits per heavy atom. The summed E-state index contributed by atoms with van der Waals surface area (Å²) in [6.45, 7) is -2.86. The molecule has 7 heteroatoms. The summed E-state index contributed by atoms with van der Waals surface area (Å²) in [6.07, 6.45) is 9.62. The maximum Gasteiger partial charge on any atom is 0.387 e. The van der Waals surface area contributed by atoms with Crippen LogP contribution in [0.4, 0.5) is 8.78 Å². The quantitative estimate of drug-likeness (QED) is 0.752. The monoisotopic (exact) mass is 374 g/mol. The largest absolute Gasteiger partial charge is 0.435 e. The van der Waals surface area contributed by atoms with Gasteiger partial charge in [-0.15, -0.1) is 0 Å². The van der Waals surface area contributed by atoms with E-state index in [1.165, 1.54) is 6.07 Å². The smallest absolute Gasteiger partial charge is 0.387 e. The Balaban J connectivity index is 1.68. The molecule has 0 fully saturated rings. The lowest BCUT2D eigenvalue weighted by Gasteiger charge is -2.39. The van der Waals surface area contributed by atoms with Crippen molar-refractivity contribution in [2.24, 2.45) is 10.9 Å². The molecule has 0 aromatic heterocycles. The molecule has 134 valence electrons. The van der Waals surface area contributed by atoms with Crippen LogP contribution < -0.4 is 4.74 Å². The van der Waals surface area contributed by atoms with Crippen molar-refractivity contribution in [2.75, 3.05) is 0 Å². The third-order valence-corrected chi connectivity index (χ3v) is 5.16. The zero-order chi connectivity index (χ0) is 18.3. The van der Waals surface area contributed by atoms with Gasteiger partial charge in [0.15, 0.2) is 0 Å². The van der Waals surface area contributed by atoms with E-state index in [0.717, 1.165) is 30.4 Å². The Hall–Kier alpha value is -2.41.